The highest BCUT2D eigenvalue weighted by Crippen LogP contribution is 2.28. The number of amides is 2. The average Bonchev–Trinajstić information content (AvgIpc) is 3.19. The van der Waals surface area contributed by atoms with Crippen LogP contribution in [0.2, 0.25) is 0 Å². The molecule has 1 heterocycles. The van der Waals surface area contributed by atoms with Crippen molar-refractivity contribution in [1.29, 1.82) is 0 Å². The maximum atomic E-state index is 12.9. The molecule has 0 unspecified atom stereocenters. The highest BCUT2D eigenvalue weighted by Gasteiger charge is 2.22. The molecule has 32 heavy (non-hydrogen) atoms. The van der Waals surface area contributed by atoms with Gasteiger partial charge in [0.05, 0.1) is 0 Å². The van der Waals surface area contributed by atoms with E-state index in [0.717, 1.165) is 20.6 Å². The van der Waals surface area contributed by atoms with Gasteiger partial charge in [0, 0.05) is 36.0 Å². The Morgan fingerprint density at radius 2 is 1.81 bits per heavy atom. The second-order valence-corrected chi connectivity index (χ2v) is 10.7. The molecular weight excluding hydrogens is 488 g/mol. The van der Waals surface area contributed by atoms with Crippen LogP contribution in [0, 0.1) is 5.41 Å². The van der Waals surface area contributed by atoms with Crippen LogP contribution in [0.4, 0.5) is 5.13 Å². The molecule has 0 atom stereocenters. The van der Waals surface area contributed by atoms with E-state index in [2.05, 4.69) is 31.4 Å². The summed E-state index contributed by atoms with van der Waals surface area (Å²) in [6, 6.07) is 17.6. The summed E-state index contributed by atoms with van der Waals surface area (Å²) in [4.78, 5) is 27.2. The lowest BCUT2D eigenvalue weighted by Gasteiger charge is -2.26. The van der Waals surface area contributed by atoms with Crippen molar-refractivity contribution in [1.82, 2.24) is 15.1 Å². The third-order valence-corrected chi connectivity index (χ3v) is 5.98. The van der Waals surface area contributed by atoms with Crippen LogP contribution in [0.15, 0.2) is 59.1 Å². The molecule has 8 heteroatoms. The fraction of sp³-hybridized carbons (Fsp3) is 0.333. The summed E-state index contributed by atoms with van der Waals surface area (Å²) in [6.07, 6.45) is 0.613. The SMILES string of the molecule is CC(C)(C)CC(=O)N(CCC(=O)Nc1nnc(-c2cccc(Br)c2)s1)Cc1ccccc1. The zero-order valence-corrected chi connectivity index (χ0v) is 20.9. The fourth-order valence-electron chi connectivity index (χ4n) is 3.09. The molecule has 2 amide bonds. The van der Waals surface area contributed by atoms with Crippen LogP contribution in [0.25, 0.3) is 10.6 Å². The number of aromatic nitrogens is 2. The zero-order valence-electron chi connectivity index (χ0n) is 18.5. The van der Waals surface area contributed by atoms with Gasteiger partial charge in [0.15, 0.2) is 0 Å². The van der Waals surface area contributed by atoms with Gasteiger partial charge >= 0.3 is 0 Å². The molecule has 3 aromatic rings. The highest BCUT2D eigenvalue weighted by molar-refractivity contribution is 9.10. The normalized spacial score (nSPS) is 11.2. The van der Waals surface area contributed by atoms with Crippen LogP contribution in [-0.4, -0.2) is 33.5 Å². The second-order valence-electron chi connectivity index (χ2n) is 8.76. The average molecular weight is 515 g/mol. The Hall–Kier alpha value is -2.58. The number of anilines is 1. The maximum Gasteiger partial charge on any atom is 0.227 e. The van der Waals surface area contributed by atoms with E-state index in [4.69, 9.17) is 0 Å². The molecule has 0 radical (unpaired) electrons. The summed E-state index contributed by atoms with van der Waals surface area (Å²) in [5.74, 6) is -0.148. The number of hydrogen-bond acceptors (Lipinski definition) is 5. The first-order valence-electron chi connectivity index (χ1n) is 10.4. The molecule has 0 aliphatic rings. The van der Waals surface area contributed by atoms with Crippen molar-refractivity contribution < 1.29 is 9.59 Å². The lowest BCUT2D eigenvalue weighted by Crippen LogP contribution is -2.35. The molecule has 1 N–H and O–H groups in total. The van der Waals surface area contributed by atoms with Crippen LogP contribution in [0.1, 0.15) is 39.2 Å². The molecule has 6 nitrogen and oxygen atoms in total. The Morgan fingerprint density at radius 3 is 2.50 bits per heavy atom. The summed E-state index contributed by atoms with van der Waals surface area (Å²) in [6.45, 7) is 6.94. The van der Waals surface area contributed by atoms with Gasteiger partial charge in [0.1, 0.15) is 5.01 Å². The molecule has 0 aliphatic heterocycles. The van der Waals surface area contributed by atoms with Gasteiger partial charge in [-0.15, -0.1) is 10.2 Å². The van der Waals surface area contributed by atoms with Gasteiger partial charge in [-0.3, -0.25) is 9.59 Å². The van der Waals surface area contributed by atoms with Crippen molar-refractivity contribution >= 4 is 44.2 Å². The van der Waals surface area contributed by atoms with Crippen molar-refractivity contribution in [3.63, 3.8) is 0 Å². The van der Waals surface area contributed by atoms with Gasteiger partial charge in [0.25, 0.3) is 0 Å². The third-order valence-electron chi connectivity index (χ3n) is 4.60. The topological polar surface area (TPSA) is 75.2 Å². The van der Waals surface area contributed by atoms with E-state index >= 15 is 0 Å². The molecule has 0 fully saturated rings. The van der Waals surface area contributed by atoms with Crippen molar-refractivity contribution in [2.24, 2.45) is 5.41 Å². The quantitative estimate of drug-likeness (QED) is 0.414. The van der Waals surface area contributed by atoms with Gasteiger partial charge in [0.2, 0.25) is 16.9 Å². The predicted octanol–water partition coefficient (Wildman–Crippen LogP) is 5.76. The number of rotatable bonds is 8. The third kappa shape index (κ3) is 7.53. The number of hydrogen-bond donors (Lipinski definition) is 1. The molecule has 3 rings (SSSR count). The maximum absolute atomic E-state index is 12.9. The van der Waals surface area contributed by atoms with E-state index < -0.39 is 0 Å². The fourth-order valence-corrected chi connectivity index (χ4v) is 4.25. The van der Waals surface area contributed by atoms with Crippen LogP contribution in [0.3, 0.4) is 0 Å². The Morgan fingerprint density at radius 1 is 1.06 bits per heavy atom. The van der Waals surface area contributed by atoms with Crippen molar-refractivity contribution in [3.05, 3.63) is 64.6 Å². The first-order chi connectivity index (χ1) is 15.2. The molecular formula is C24H27BrN4O2S. The Bertz CT molecular complexity index is 1060. The molecule has 1 aromatic heterocycles. The molecule has 0 saturated heterocycles. The number of benzene rings is 2. The number of halogens is 1. The summed E-state index contributed by atoms with van der Waals surface area (Å²) in [7, 11) is 0. The summed E-state index contributed by atoms with van der Waals surface area (Å²) in [5.41, 5.74) is 1.85. The molecule has 0 saturated carbocycles. The van der Waals surface area contributed by atoms with E-state index in [1.54, 1.807) is 4.90 Å². The highest BCUT2D eigenvalue weighted by atomic mass is 79.9. The first kappa shape index (κ1) is 24.1. The monoisotopic (exact) mass is 514 g/mol. The van der Waals surface area contributed by atoms with Crippen molar-refractivity contribution in [3.8, 4) is 10.6 Å². The van der Waals surface area contributed by atoms with Crippen molar-refractivity contribution in [2.75, 3.05) is 11.9 Å². The molecule has 0 bridgehead atoms. The zero-order chi connectivity index (χ0) is 23.1. The van der Waals surface area contributed by atoms with Crippen LogP contribution >= 0.6 is 27.3 Å². The molecule has 0 spiro atoms. The van der Waals surface area contributed by atoms with E-state index in [-0.39, 0.29) is 23.7 Å². The molecule has 2 aromatic carbocycles. The van der Waals surface area contributed by atoms with E-state index in [1.165, 1.54) is 11.3 Å². The smallest absolute Gasteiger partial charge is 0.227 e. The van der Waals surface area contributed by atoms with E-state index in [1.807, 2.05) is 75.4 Å². The minimum Gasteiger partial charge on any atom is -0.338 e. The number of carbonyl (C=O) groups excluding carboxylic acids is 2. The second kappa shape index (κ2) is 10.8. The number of nitrogens with zero attached hydrogens (tertiary/aromatic N) is 3. The Labute approximate surface area is 201 Å². The van der Waals surface area contributed by atoms with Gasteiger partial charge in [-0.25, -0.2) is 0 Å². The van der Waals surface area contributed by atoms with Crippen LogP contribution < -0.4 is 5.32 Å². The van der Waals surface area contributed by atoms with Gasteiger partial charge in [-0.1, -0.05) is 90.5 Å². The first-order valence-corrected chi connectivity index (χ1v) is 12.0. The Kier molecular flexibility index (Phi) is 8.15. The molecule has 0 aliphatic carbocycles. The van der Waals surface area contributed by atoms with Crippen LogP contribution in [-0.2, 0) is 16.1 Å². The Balaban J connectivity index is 1.61. The lowest BCUT2D eigenvalue weighted by molar-refractivity contribution is -0.134. The lowest BCUT2D eigenvalue weighted by atomic mass is 9.91. The predicted molar refractivity (Wildman–Crippen MR) is 132 cm³/mol. The summed E-state index contributed by atoms with van der Waals surface area (Å²) < 4.78 is 0.953. The molecule has 168 valence electrons. The minimum atomic E-state index is -0.191. The number of carbonyl (C=O) groups is 2. The standard InChI is InChI=1S/C24H27BrN4O2S/c1-24(2,3)15-21(31)29(16-17-8-5-4-6-9-17)13-12-20(30)26-23-28-27-22(32-23)18-10-7-11-19(25)14-18/h4-11,14H,12-13,15-16H2,1-3H3,(H,26,28,30). The summed E-state index contributed by atoms with van der Waals surface area (Å²) in [5, 5.41) is 12.2. The van der Waals surface area contributed by atoms with Gasteiger partial charge < -0.3 is 10.2 Å². The van der Waals surface area contributed by atoms with E-state index in [9.17, 15) is 9.59 Å². The van der Waals surface area contributed by atoms with Gasteiger partial charge in [-0.05, 0) is 23.1 Å². The van der Waals surface area contributed by atoms with Crippen molar-refractivity contribution in [2.45, 2.75) is 40.2 Å². The largest absolute Gasteiger partial charge is 0.338 e. The van der Waals surface area contributed by atoms with Crippen LogP contribution in [0.5, 0.6) is 0 Å². The number of nitrogens with one attached hydrogen (secondary N) is 1. The van der Waals surface area contributed by atoms with Gasteiger partial charge in [-0.2, -0.15) is 0 Å². The summed E-state index contributed by atoms with van der Waals surface area (Å²) >= 11 is 4.77. The minimum absolute atomic E-state index is 0.0435. The van der Waals surface area contributed by atoms with E-state index in [0.29, 0.717) is 24.6 Å².